The summed E-state index contributed by atoms with van der Waals surface area (Å²) in [6, 6.07) is 24.0. The van der Waals surface area contributed by atoms with Gasteiger partial charge in [0.1, 0.15) is 45.6 Å². The van der Waals surface area contributed by atoms with Crippen molar-refractivity contribution in [3.8, 4) is 68.5 Å². The molecule has 8 bridgehead atoms. The van der Waals surface area contributed by atoms with E-state index in [4.69, 9.17) is 48.9 Å². The van der Waals surface area contributed by atoms with Gasteiger partial charge in [0, 0.05) is 43.8 Å². The zero-order chi connectivity index (χ0) is 46.7. The molecule has 12 heteroatoms. The second kappa shape index (κ2) is 21.8. The number of aromatic amines is 2. The summed E-state index contributed by atoms with van der Waals surface area (Å²) in [5, 5.41) is 3.35. The number of hydrogen-bond donors (Lipinski definition) is 2. The topological polar surface area (TPSA) is 146 Å². The predicted molar refractivity (Wildman–Crippen MR) is 274 cm³/mol. The number of hydrogen-bond acceptors (Lipinski definition) is 10. The van der Waals surface area contributed by atoms with Crippen molar-refractivity contribution < 1.29 is 18.9 Å². The number of unbranched alkanes of at least 4 members (excludes halogenated alkanes) is 8. The Kier molecular flexibility index (Phi) is 14.6. The SMILES string of the molecule is C=CCCCCOc1ccc2c(c1)-c1nc-2nc2[nH]c(nc3nc(nc4[nH]c(n1)c1ccc(OCCCCC=C)cc41)-c1cc(OCCCCC=C)ccc1-3)c1ccc(OCCCCC=C)cc21. The van der Waals surface area contributed by atoms with Crippen molar-refractivity contribution >= 4 is 44.1 Å². The Morgan fingerprint density at radius 2 is 0.647 bits per heavy atom. The predicted octanol–water partition coefficient (Wildman–Crippen LogP) is 13.8. The molecule has 0 saturated carbocycles. The minimum absolute atomic E-state index is 0.482. The van der Waals surface area contributed by atoms with Crippen LogP contribution < -0.4 is 18.9 Å². The highest BCUT2D eigenvalue weighted by Gasteiger charge is 2.24. The van der Waals surface area contributed by atoms with Crippen molar-refractivity contribution in [1.29, 1.82) is 0 Å². The number of fused-ring (bicyclic) bond motifs is 20. The number of nitrogens with zero attached hydrogens (tertiary/aromatic N) is 6. The molecule has 0 fully saturated rings. The summed E-state index contributed by atoms with van der Waals surface area (Å²) >= 11 is 0. The van der Waals surface area contributed by atoms with Crippen LogP contribution in [0.5, 0.6) is 23.0 Å². The van der Waals surface area contributed by atoms with Crippen LogP contribution in [0.3, 0.4) is 0 Å². The Morgan fingerprint density at radius 3 is 1.00 bits per heavy atom. The zero-order valence-corrected chi connectivity index (χ0v) is 38.7. The number of H-pyrrole nitrogens is 2. The molecule has 0 atom stereocenters. The molecule has 4 aromatic carbocycles. The molecule has 0 saturated heterocycles. The van der Waals surface area contributed by atoms with Crippen molar-refractivity contribution in [2.75, 3.05) is 26.4 Å². The van der Waals surface area contributed by atoms with Crippen molar-refractivity contribution in [3.05, 3.63) is 123 Å². The summed E-state index contributed by atoms with van der Waals surface area (Å²) in [4.78, 5) is 38.5. The summed E-state index contributed by atoms with van der Waals surface area (Å²) in [5.41, 5.74) is 5.56. The van der Waals surface area contributed by atoms with Crippen molar-refractivity contribution in [3.63, 3.8) is 0 Å². The third-order valence-corrected chi connectivity index (χ3v) is 12.0. The van der Waals surface area contributed by atoms with E-state index in [1.165, 1.54) is 0 Å². The molecule has 0 unspecified atom stereocenters. The van der Waals surface area contributed by atoms with Crippen LogP contribution in [0.2, 0.25) is 0 Å². The molecule has 9 rings (SSSR count). The highest BCUT2D eigenvalue weighted by molar-refractivity contribution is 6.07. The maximum Gasteiger partial charge on any atom is 0.164 e. The minimum Gasteiger partial charge on any atom is -0.494 e. The normalized spacial score (nSPS) is 11.5. The van der Waals surface area contributed by atoms with Gasteiger partial charge in [0.25, 0.3) is 0 Å². The second-order valence-electron chi connectivity index (χ2n) is 17.0. The second-order valence-corrected chi connectivity index (χ2v) is 17.0. The summed E-state index contributed by atoms with van der Waals surface area (Å²) in [7, 11) is 0. The summed E-state index contributed by atoms with van der Waals surface area (Å²) < 4.78 is 25.1. The van der Waals surface area contributed by atoms with E-state index in [0.29, 0.717) is 72.3 Å². The fraction of sp³-hybridized carbons (Fsp3) is 0.286. The van der Waals surface area contributed by atoms with Gasteiger partial charge >= 0.3 is 0 Å². The first-order valence-electron chi connectivity index (χ1n) is 23.9. The molecule has 0 radical (unpaired) electrons. The Bertz CT molecular complexity index is 3150. The quantitative estimate of drug-likeness (QED) is 0.0444. The van der Waals surface area contributed by atoms with Gasteiger partial charge in [-0.3, -0.25) is 0 Å². The Labute approximate surface area is 397 Å². The molecule has 0 aliphatic carbocycles. The van der Waals surface area contributed by atoms with Crippen LogP contribution in [0.1, 0.15) is 77.0 Å². The van der Waals surface area contributed by atoms with Gasteiger partial charge in [-0.2, -0.15) is 0 Å². The van der Waals surface area contributed by atoms with Gasteiger partial charge in [0.2, 0.25) is 0 Å². The van der Waals surface area contributed by atoms with Gasteiger partial charge in [-0.15, -0.1) is 26.3 Å². The molecule has 3 aromatic heterocycles. The largest absolute Gasteiger partial charge is 0.494 e. The molecule has 346 valence electrons. The molecule has 0 amide bonds. The van der Waals surface area contributed by atoms with E-state index >= 15 is 0 Å². The van der Waals surface area contributed by atoms with Crippen LogP contribution in [0.25, 0.3) is 89.7 Å². The Morgan fingerprint density at radius 1 is 0.338 bits per heavy atom. The maximum atomic E-state index is 6.28. The van der Waals surface area contributed by atoms with E-state index in [2.05, 4.69) is 36.3 Å². The van der Waals surface area contributed by atoms with E-state index in [1.54, 1.807) is 0 Å². The molecule has 0 spiro atoms. The Hall–Kier alpha value is -7.60. The van der Waals surface area contributed by atoms with Gasteiger partial charge in [-0.05, 0) is 150 Å². The van der Waals surface area contributed by atoms with Crippen molar-refractivity contribution in [2.24, 2.45) is 0 Å². The first-order chi connectivity index (χ1) is 33.5. The van der Waals surface area contributed by atoms with Gasteiger partial charge in [-0.1, -0.05) is 24.3 Å². The first-order valence-corrected chi connectivity index (χ1v) is 23.9. The lowest BCUT2D eigenvalue weighted by Crippen LogP contribution is -1.97. The maximum absolute atomic E-state index is 6.28. The van der Waals surface area contributed by atoms with E-state index in [-0.39, 0.29) is 0 Å². The van der Waals surface area contributed by atoms with E-state index < -0.39 is 0 Å². The van der Waals surface area contributed by atoms with Crippen LogP contribution in [0.4, 0.5) is 0 Å². The number of nitrogens with one attached hydrogen (secondary N) is 2. The van der Waals surface area contributed by atoms with Gasteiger partial charge < -0.3 is 28.9 Å². The standard InChI is InChI=1S/C56H58N8O4/c1-5-9-13-17-29-65-37-21-25-41-45(33-37)53-58-49(41)57-50-42-26-22-39(67-31-19-15-11-7-3)35-47(42)55(59-50)64-56-48-36-40(68-32-20-16-12-8-4)24-28-44(48)52(63-56)62-54-46-34-38(66-30-18-14-10-6-2)23-27-43(46)51(60-53)61-54/h5-8,21-28,33-36H,1-4,9-20,29-32H2,(H2,57,58,59,60,61,62,63,64). The van der Waals surface area contributed by atoms with E-state index in [9.17, 15) is 0 Å². The van der Waals surface area contributed by atoms with Crippen molar-refractivity contribution in [1.82, 2.24) is 39.9 Å². The summed E-state index contributed by atoms with van der Waals surface area (Å²) in [5.74, 6) is 4.89. The smallest absolute Gasteiger partial charge is 0.164 e. The number of ether oxygens (including phenoxy) is 4. The van der Waals surface area contributed by atoms with E-state index in [0.717, 1.165) is 144 Å². The van der Waals surface area contributed by atoms with Crippen LogP contribution in [0.15, 0.2) is 123 Å². The Balaban J connectivity index is 1.25. The van der Waals surface area contributed by atoms with Gasteiger partial charge in [0.05, 0.1) is 26.4 Å². The number of allylic oxidation sites excluding steroid dienone is 4. The minimum atomic E-state index is 0.482. The highest BCUT2D eigenvalue weighted by atomic mass is 16.5. The lowest BCUT2D eigenvalue weighted by Gasteiger charge is -2.07. The third kappa shape index (κ3) is 10.3. The molecule has 2 aliphatic rings. The van der Waals surface area contributed by atoms with E-state index in [1.807, 2.05) is 97.1 Å². The highest BCUT2D eigenvalue weighted by Crippen LogP contribution is 2.40. The van der Waals surface area contributed by atoms with Crippen LogP contribution in [0, 0.1) is 0 Å². The number of rotatable bonds is 24. The van der Waals surface area contributed by atoms with Crippen LogP contribution >= 0.6 is 0 Å². The average molecular weight is 907 g/mol. The molecule has 2 N–H and O–H groups in total. The zero-order valence-electron chi connectivity index (χ0n) is 38.7. The van der Waals surface area contributed by atoms with Crippen LogP contribution in [-0.2, 0) is 0 Å². The fourth-order valence-corrected chi connectivity index (χ4v) is 8.39. The first kappa shape index (κ1) is 45.6. The summed E-state index contributed by atoms with van der Waals surface area (Å²) in [6.07, 6.45) is 19.2. The molecule has 12 nitrogen and oxygen atoms in total. The van der Waals surface area contributed by atoms with Gasteiger partial charge in [-0.25, -0.2) is 29.9 Å². The number of benzene rings is 4. The number of aromatic nitrogens is 8. The monoisotopic (exact) mass is 906 g/mol. The summed E-state index contributed by atoms with van der Waals surface area (Å²) in [6.45, 7) is 17.8. The lowest BCUT2D eigenvalue weighted by atomic mass is 10.1. The fourth-order valence-electron chi connectivity index (χ4n) is 8.39. The third-order valence-electron chi connectivity index (χ3n) is 12.0. The molecule has 68 heavy (non-hydrogen) atoms. The van der Waals surface area contributed by atoms with Crippen molar-refractivity contribution in [2.45, 2.75) is 77.0 Å². The molecule has 7 aromatic rings. The molecule has 2 aliphatic heterocycles. The average Bonchev–Trinajstić information content (AvgIpc) is 4.08. The molecule has 5 heterocycles. The molecular formula is C56H58N8O4. The van der Waals surface area contributed by atoms with Crippen LogP contribution in [-0.4, -0.2) is 66.3 Å². The lowest BCUT2D eigenvalue weighted by molar-refractivity contribution is 0.307. The van der Waals surface area contributed by atoms with Gasteiger partial charge in [0.15, 0.2) is 23.3 Å². The molecular weight excluding hydrogens is 849 g/mol.